The van der Waals surface area contributed by atoms with Gasteiger partial charge in [0.25, 0.3) is 0 Å². The van der Waals surface area contributed by atoms with Crippen LogP contribution in [-0.4, -0.2) is 52.7 Å². The summed E-state index contributed by atoms with van der Waals surface area (Å²) in [6.07, 6.45) is 2.77. The highest BCUT2D eigenvalue weighted by Crippen LogP contribution is 2.45. The van der Waals surface area contributed by atoms with Gasteiger partial charge in [-0.25, -0.2) is 8.42 Å². The quantitative estimate of drug-likeness (QED) is 0.834. The van der Waals surface area contributed by atoms with Crippen molar-refractivity contribution in [3.05, 3.63) is 29.8 Å². The van der Waals surface area contributed by atoms with Crippen molar-refractivity contribution in [3.8, 4) is 0 Å². The van der Waals surface area contributed by atoms with E-state index in [0.717, 1.165) is 38.0 Å². The summed E-state index contributed by atoms with van der Waals surface area (Å²) in [5.41, 5.74) is 1.23. The Balaban J connectivity index is 1.73. The molecule has 2 aliphatic rings. The molecule has 24 heavy (non-hydrogen) atoms. The molecule has 0 amide bonds. The number of rotatable bonds is 4. The van der Waals surface area contributed by atoms with Crippen LogP contribution in [0.25, 0.3) is 0 Å². The normalized spacial score (nSPS) is 25.0. The van der Waals surface area contributed by atoms with Crippen molar-refractivity contribution in [3.63, 3.8) is 0 Å². The number of ether oxygens (including phenoxy) is 2. The predicted molar refractivity (Wildman–Crippen MR) is 92.4 cm³/mol. The Morgan fingerprint density at radius 1 is 1.21 bits per heavy atom. The van der Waals surface area contributed by atoms with Crippen LogP contribution in [0.4, 0.5) is 0 Å². The fraction of sp³-hybridized carbons (Fsp3) is 0.667. The lowest BCUT2D eigenvalue weighted by molar-refractivity contribution is -0.0881. The highest BCUT2D eigenvalue weighted by Gasteiger charge is 2.45. The molecule has 6 heteroatoms. The van der Waals surface area contributed by atoms with Gasteiger partial charge < -0.3 is 9.47 Å². The maximum absolute atomic E-state index is 12.9. The van der Waals surface area contributed by atoms with Crippen LogP contribution in [0.1, 0.15) is 24.8 Å². The first-order valence-electron chi connectivity index (χ1n) is 8.61. The molecule has 1 aromatic rings. The molecule has 134 valence electrons. The molecule has 2 aliphatic heterocycles. The second-order valence-electron chi connectivity index (χ2n) is 7.06. The summed E-state index contributed by atoms with van der Waals surface area (Å²) < 4.78 is 38.3. The molecule has 2 saturated heterocycles. The monoisotopic (exact) mass is 353 g/mol. The number of hydrogen-bond donors (Lipinski definition) is 0. The Labute approximate surface area is 145 Å². The van der Waals surface area contributed by atoms with Crippen molar-refractivity contribution in [1.82, 2.24) is 4.31 Å². The first-order chi connectivity index (χ1) is 11.5. The molecule has 1 aromatic carbocycles. The van der Waals surface area contributed by atoms with Crippen LogP contribution in [-0.2, 0) is 19.5 Å². The molecule has 2 fully saturated rings. The summed E-state index contributed by atoms with van der Waals surface area (Å²) in [5.74, 6) is 0.362. The van der Waals surface area contributed by atoms with Crippen molar-refractivity contribution in [1.29, 1.82) is 0 Å². The number of aryl methyl sites for hydroxylation is 1. The molecule has 0 radical (unpaired) electrons. The summed E-state index contributed by atoms with van der Waals surface area (Å²) >= 11 is 0. The van der Waals surface area contributed by atoms with E-state index in [1.54, 1.807) is 23.5 Å². The summed E-state index contributed by atoms with van der Waals surface area (Å²) in [6.45, 7) is 5.29. The molecule has 2 heterocycles. The number of piperidine rings is 1. The van der Waals surface area contributed by atoms with E-state index in [9.17, 15) is 8.42 Å². The van der Waals surface area contributed by atoms with Crippen LogP contribution in [0.2, 0.25) is 0 Å². The van der Waals surface area contributed by atoms with E-state index in [1.165, 1.54) is 0 Å². The fourth-order valence-electron chi connectivity index (χ4n) is 4.00. The summed E-state index contributed by atoms with van der Waals surface area (Å²) in [4.78, 5) is 0.393. The van der Waals surface area contributed by atoms with Crippen LogP contribution in [0.3, 0.4) is 0 Å². The van der Waals surface area contributed by atoms with Crippen LogP contribution in [0.15, 0.2) is 29.2 Å². The molecular weight excluding hydrogens is 326 g/mol. The van der Waals surface area contributed by atoms with Crippen molar-refractivity contribution in [2.75, 3.05) is 40.0 Å². The van der Waals surface area contributed by atoms with Gasteiger partial charge in [0.1, 0.15) is 0 Å². The first-order valence-corrected chi connectivity index (χ1v) is 10.1. The zero-order chi connectivity index (χ0) is 17.2. The van der Waals surface area contributed by atoms with Crippen molar-refractivity contribution >= 4 is 10.0 Å². The Bertz CT molecular complexity index is 646. The van der Waals surface area contributed by atoms with Gasteiger partial charge in [-0.1, -0.05) is 17.7 Å². The van der Waals surface area contributed by atoms with Crippen LogP contribution in [0.5, 0.6) is 0 Å². The topological polar surface area (TPSA) is 55.8 Å². The fourth-order valence-corrected chi connectivity index (χ4v) is 5.44. The molecule has 0 aliphatic carbocycles. The van der Waals surface area contributed by atoms with Crippen molar-refractivity contribution in [2.45, 2.75) is 31.1 Å². The van der Waals surface area contributed by atoms with Gasteiger partial charge in [0, 0.05) is 32.7 Å². The third kappa shape index (κ3) is 3.38. The molecule has 0 bridgehead atoms. The lowest BCUT2D eigenvalue weighted by Crippen LogP contribution is -2.50. The third-order valence-corrected chi connectivity index (χ3v) is 7.59. The summed E-state index contributed by atoms with van der Waals surface area (Å²) in [6, 6.07) is 7.12. The average molecular weight is 353 g/mol. The van der Waals surface area contributed by atoms with Crippen LogP contribution < -0.4 is 0 Å². The van der Waals surface area contributed by atoms with E-state index < -0.39 is 10.0 Å². The van der Waals surface area contributed by atoms with Gasteiger partial charge in [0.15, 0.2) is 0 Å². The van der Waals surface area contributed by atoms with Gasteiger partial charge in [0.2, 0.25) is 10.0 Å². The number of benzene rings is 1. The molecule has 1 atom stereocenters. The lowest BCUT2D eigenvalue weighted by atomic mass is 9.66. The standard InChI is InChI=1S/C18H27NO4S/c1-15-3-5-17(6-4-15)24(20,21)19-10-7-18(8-11-19)9-12-23-14-16(18)13-22-2/h3-6,16H,7-14H2,1-2H3/t16-/m0/s1. The predicted octanol–water partition coefficient (Wildman–Crippen LogP) is 2.45. The molecule has 0 aromatic heterocycles. The molecule has 1 spiro atoms. The zero-order valence-electron chi connectivity index (χ0n) is 14.5. The van der Waals surface area contributed by atoms with Crippen molar-refractivity contribution < 1.29 is 17.9 Å². The Morgan fingerprint density at radius 3 is 2.50 bits per heavy atom. The highest BCUT2D eigenvalue weighted by molar-refractivity contribution is 7.89. The molecule has 3 rings (SSSR count). The molecule has 5 nitrogen and oxygen atoms in total. The van der Waals surface area contributed by atoms with E-state index in [0.29, 0.717) is 30.5 Å². The number of methoxy groups -OCH3 is 1. The number of sulfonamides is 1. The van der Waals surface area contributed by atoms with Gasteiger partial charge in [-0.3, -0.25) is 0 Å². The number of hydrogen-bond acceptors (Lipinski definition) is 4. The SMILES string of the molecule is COC[C@H]1COCCC12CCN(S(=O)(=O)c1ccc(C)cc1)CC2. The second kappa shape index (κ2) is 7.12. The van der Waals surface area contributed by atoms with Crippen molar-refractivity contribution in [2.24, 2.45) is 11.3 Å². The summed E-state index contributed by atoms with van der Waals surface area (Å²) in [5, 5.41) is 0. The highest BCUT2D eigenvalue weighted by atomic mass is 32.2. The van der Waals surface area contributed by atoms with Gasteiger partial charge in [0.05, 0.1) is 18.1 Å². The lowest BCUT2D eigenvalue weighted by Gasteiger charge is -2.48. The van der Waals surface area contributed by atoms with E-state index >= 15 is 0 Å². The maximum atomic E-state index is 12.9. The first kappa shape index (κ1) is 17.9. The van der Waals surface area contributed by atoms with Gasteiger partial charge in [-0.15, -0.1) is 0 Å². The molecule has 0 unspecified atom stereocenters. The van der Waals surface area contributed by atoms with Gasteiger partial charge in [-0.2, -0.15) is 4.31 Å². The summed E-state index contributed by atoms with van der Waals surface area (Å²) in [7, 11) is -1.67. The van der Waals surface area contributed by atoms with Crippen LogP contribution >= 0.6 is 0 Å². The second-order valence-corrected chi connectivity index (χ2v) is 8.99. The van der Waals surface area contributed by atoms with Gasteiger partial charge >= 0.3 is 0 Å². The van der Waals surface area contributed by atoms with Gasteiger partial charge in [-0.05, 0) is 43.7 Å². The molecule has 0 saturated carbocycles. The largest absolute Gasteiger partial charge is 0.384 e. The third-order valence-electron chi connectivity index (χ3n) is 5.67. The molecule has 0 N–H and O–H groups in total. The minimum Gasteiger partial charge on any atom is -0.384 e. The van der Waals surface area contributed by atoms with E-state index in [2.05, 4.69) is 0 Å². The Hall–Kier alpha value is -0.950. The number of nitrogens with zero attached hydrogens (tertiary/aromatic N) is 1. The minimum atomic E-state index is -3.39. The van der Waals surface area contributed by atoms with Crippen LogP contribution in [0, 0.1) is 18.3 Å². The zero-order valence-corrected chi connectivity index (χ0v) is 15.3. The Kier molecular flexibility index (Phi) is 5.30. The smallest absolute Gasteiger partial charge is 0.243 e. The average Bonchev–Trinajstić information content (AvgIpc) is 2.58. The Morgan fingerprint density at radius 2 is 1.88 bits per heavy atom. The maximum Gasteiger partial charge on any atom is 0.243 e. The van der Waals surface area contributed by atoms with E-state index in [4.69, 9.17) is 9.47 Å². The van der Waals surface area contributed by atoms with E-state index in [-0.39, 0.29) is 5.41 Å². The minimum absolute atomic E-state index is 0.160. The molecular formula is C18H27NO4S. The van der Waals surface area contributed by atoms with E-state index in [1.807, 2.05) is 19.1 Å².